The summed E-state index contributed by atoms with van der Waals surface area (Å²) in [4.78, 5) is 14.8. The minimum atomic E-state index is -0.0553. The second-order valence-corrected chi connectivity index (χ2v) is 7.12. The van der Waals surface area contributed by atoms with Gasteiger partial charge in [0.2, 0.25) is 0 Å². The van der Waals surface area contributed by atoms with E-state index in [9.17, 15) is 9.90 Å². The van der Waals surface area contributed by atoms with E-state index in [0.717, 1.165) is 32.6 Å². The van der Waals surface area contributed by atoms with E-state index >= 15 is 0 Å². The smallest absolute Gasteiger partial charge is 0.251 e. The number of phenols is 1. The molecule has 1 fully saturated rings. The average Bonchev–Trinajstić information content (AvgIpc) is 2.86. The Kier molecular flexibility index (Phi) is 6.29. The third kappa shape index (κ3) is 5.46. The standard InChI is InChI=1S/C21H28N2O2/c24-20-10-8-19(9-11-20)21(25)22-15-17-7-4-13-23(14-12-17)16-18-5-2-1-3-6-18/h1-2,5,8-11,17,24H,3-4,6-7,12-16H2,(H,22,25). The van der Waals surface area contributed by atoms with Crippen LogP contribution >= 0.6 is 0 Å². The molecule has 1 amide bonds. The summed E-state index contributed by atoms with van der Waals surface area (Å²) in [5.74, 6) is 0.676. The highest BCUT2D eigenvalue weighted by Gasteiger charge is 2.18. The van der Waals surface area contributed by atoms with Gasteiger partial charge in [-0.3, -0.25) is 9.69 Å². The molecule has 25 heavy (non-hydrogen) atoms. The van der Waals surface area contributed by atoms with Crippen molar-refractivity contribution in [2.75, 3.05) is 26.2 Å². The zero-order chi connectivity index (χ0) is 17.5. The predicted molar refractivity (Wildman–Crippen MR) is 101 cm³/mol. The predicted octanol–water partition coefficient (Wildman–Crippen LogP) is 3.50. The molecule has 1 heterocycles. The van der Waals surface area contributed by atoms with E-state index in [0.29, 0.717) is 11.5 Å². The highest BCUT2D eigenvalue weighted by atomic mass is 16.3. The van der Waals surface area contributed by atoms with Gasteiger partial charge in [-0.2, -0.15) is 0 Å². The number of phenolic OH excluding ortho intramolecular Hbond substituents is 1. The molecule has 1 unspecified atom stereocenters. The Balaban J connectivity index is 1.43. The molecule has 0 spiro atoms. The van der Waals surface area contributed by atoms with Crippen molar-refractivity contribution in [2.45, 2.75) is 32.1 Å². The van der Waals surface area contributed by atoms with Crippen molar-refractivity contribution >= 4 is 5.91 Å². The number of amides is 1. The lowest BCUT2D eigenvalue weighted by Crippen LogP contribution is -2.30. The van der Waals surface area contributed by atoms with Crippen LogP contribution in [0.5, 0.6) is 5.75 Å². The van der Waals surface area contributed by atoms with E-state index in [-0.39, 0.29) is 11.7 Å². The summed E-state index contributed by atoms with van der Waals surface area (Å²) in [6, 6.07) is 6.42. The number of nitrogens with one attached hydrogen (secondary N) is 1. The van der Waals surface area contributed by atoms with Gasteiger partial charge in [-0.15, -0.1) is 0 Å². The zero-order valence-corrected chi connectivity index (χ0v) is 14.8. The Labute approximate surface area is 150 Å². The topological polar surface area (TPSA) is 52.6 Å². The van der Waals surface area contributed by atoms with Gasteiger partial charge >= 0.3 is 0 Å². The molecular formula is C21H28N2O2. The summed E-state index contributed by atoms with van der Waals surface area (Å²) in [6.07, 6.45) is 12.6. The van der Waals surface area contributed by atoms with E-state index in [1.807, 2.05) is 0 Å². The van der Waals surface area contributed by atoms with Crippen molar-refractivity contribution < 1.29 is 9.90 Å². The van der Waals surface area contributed by atoms with Crippen molar-refractivity contribution in [2.24, 2.45) is 5.92 Å². The number of carbonyl (C=O) groups excluding carboxylic acids is 1. The highest BCUT2D eigenvalue weighted by molar-refractivity contribution is 5.94. The van der Waals surface area contributed by atoms with E-state index < -0.39 is 0 Å². The van der Waals surface area contributed by atoms with E-state index in [1.165, 1.54) is 25.7 Å². The van der Waals surface area contributed by atoms with Gasteiger partial charge in [-0.1, -0.05) is 23.8 Å². The molecule has 4 heteroatoms. The molecule has 1 saturated heterocycles. The lowest BCUT2D eigenvalue weighted by Gasteiger charge is -2.22. The van der Waals surface area contributed by atoms with E-state index in [2.05, 4.69) is 28.4 Å². The summed E-state index contributed by atoms with van der Waals surface area (Å²) < 4.78 is 0. The van der Waals surface area contributed by atoms with E-state index in [4.69, 9.17) is 0 Å². The van der Waals surface area contributed by atoms with Crippen molar-refractivity contribution in [3.8, 4) is 5.75 Å². The molecule has 0 saturated carbocycles. The van der Waals surface area contributed by atoms with Crippen LogP contribution in [0.1, 0.15) is 42.5 Å². The van der Waals surface area contributed by atoms with Crippen LogP contribution in [0.15, 0.2) is 48.1 Å². The molecule has 1 atom stereocenters. The van der Waals surface area contributed by atoms with Crippen molar-refractivity contribution in [3.05, 3.63) is 53.6 Å². The van der Waals surface area contributed by atoms with Crippen LogP contribution in [0, 0.1) is 5.92 Å². The SMILES string of the molecule is O=C(NCC1CCCN(CC2=CC=CCC2)CC1)c1ccc(O)cc1. The number of benzene rings is 1. The Morgan fingerprint density at radius 3 is 2.80 bits per heavy atom. The summed E-state index contributed by atoms with van der Waals surface area (Å²) >= 11 is 0. The molecule has 1 aromatic rings. The molecule has 2 aliphatic rings. The fourth-order valence-electron chi connectivity index (χ4n) is 3.61. The van der Waals surface area contributed by atoms with Crippen molar-refractivity contribution in [1.29, 1.82) is 0 Å². The van der Waals surface area contributed by atoms with Gasteiger partial charge in [0.15, 0.2) is 0 Å². The average molecular weight is 340 g/mol. The maximum Gasteiger partial charge on any atom is 0.251 e. The first-order valence-electron chi connectivity index (χ1n) is 9.35. The van der Waals surface area contributed by atoms with Crippen LogP contribution in [0.2, 0.25) is 0 Å². The normalized spacial score (nSPS) is 21.4. The van der Waals surface area contributed by atoms with Gasteiger partial charge in [0.25, 0.3) is 5.91 Å². The van der Waals surface area contributed by atoms with Gasteiger partial charge in [-0.05, 0) is 75.4 Å². The molecule has 1 aliphatic carbocycles. The number of hydrogen-bond acceptors (Lipinski definition) is 3. The van der Waals surface area contributed by atoms with Crippen LogP contribution in [0.4, 0.5) is 0 Å². The Bertz CT molecular complexity index is 634. The summed E-state index contributed by atoms with van der Waals surface area (Å²) in [5.41, 5.74) is 2.15. The number of carbonyl (C=O) groups is 1. The van der Waals surface area contributed by atoms with Gasteiger partial charge in [-0.25, -0.2) is 0 Å². The van der Waals surface area contributed by atoms with Gasteiger partial charge < -0.3 is 10.4 Å². The fourth-order valence-corrected chi connectivity index (χ4v) is 3.61. The molecule has 4 nitrogen and oxygen atoms in total. The molecular weight excluding hydrogens is 312 g/mol. The lowest BCUT2D eigenvalue weighted by molar-refractivity contribution is 0.0945. The molecule has 0 bridgehead atoms. The molecule has 1 aromatic carbocycles. The summed E-state index contributed by atoms with van der Waals surface area (Å²) in [5, 5.41) is 12.4. The first kappa shape index (κ1) is 17.7. The number of likely N-dealkylation sites (tertiary alicyclic amines) is 1. The Morgan fingerprint density at radius 2 is 2.04 bits per heavy atom. The van der Waals surface area contributed by atoms with Crippen molar-refractivity contribution in [3.63, 3.8) is 0 Å². The molecule has 2 N–H and O–H groups in total. The van der Waals surface area contributed by atoms with Crippen LogP contribution in [0.3, 0.4) is 0 Å². The molecule has 1 aliphatic heterocycles. The number of aromatic hydroxyl groups is 1. The molecule has 0 radical (unpaired) electrons. The molecule has 134 valence electrons. The van der Waals surface area contributed by atoms with E-state index in [1.54, 1.807) is 29.8 Å². The second kappa shape index (κ2) is 8.86. The largest absolute Gasteiger partial charge is 0.508 e. The maximum absolute atomic E-state index is 12.2. The van der Waals surface area contributed by atoms with Crippen LogP contribution < -0.4 is 5.32 Å². The quantitative estimate of drug-likeness (QED) is 0.862. The second-order valence-electron chi connectivity index (χ2n) is 7.12. The lowest BCUT2D eigenvalue weighted by atomic mass is 10.0. The number of nitrogens with zero attached hydrogens (tertiary/aromatic N) is 1. The highest BCUT2D eigenvalue weighted by Crippen LogP contribution is 2.20. The Morgan fingerprint density at radius 1 is 1.20 bits per heavy atom. The first-order chi connectivity index (χ1) is 12.2. The minimum Gasteiger partial charge on any atom is -0.508 e. The van der Waals surface area contributed by atoms with Gasteiger partial charge in [0.1, 0.15) is 5.75 Å². The zero-order valence-electron chi connectivity index (χ0n) is 14.8. The van der Waals surface area contributed by atoms with Crippen LogP contribution in [0.25, 0.3) is 0 Å². The molecule has 0 aromatic heterocycles. The number of allylic oxidation sites excluding steroid dienone is 3. The summed E-state index contributed by atoms with van der Waals surface area (Å²) in [7, 11) is 0. The number of rotatable bonds is 5. The van der Waals surface area contributed by atoms with Gasteiger partial charge in [0.05, 0.1) is 0 Å². The third-order valence-corrected chi connectivity index (χ3v) is 5.15. The minimum absolute atomic E-state index is 0.0553. The first-order valence-corrected chi connectivity index (χ1v) is 9.35. The summed E-state index contributed by atoms with van der Waals surface area (Å²) in [6.45, 7) is 4.10. The Hall–Kier alpha value is -2.07. The number of hydrogen-bond donors (Lipinski definition) is 2. The monoisotopic (exact) mass is 340 g/mol. The van der Waals surface area contributed by atoms with Gasteiger partial charge in [0, 0.05) is 18.7 Å². The fraction of sp³-hybridized carbons (Fsp3) is 0.476. The van der Waals surface area contributed by atoms with Crippen LogP contribution in [-0.2, 0) is 0 Å². The molecule has 3 rings (SSSR count). The van der Waals surface area contributed by atoms with Crippen LogP contribution in [-0.4, -0.2) is 42.1 Å². The van der Waals surface area contributed by atoms with Crippen molar-refractivity contribution in [1.82, 2.24) is 10.2 Å². The third-order valence-electron chi connectivity index (χ3n) is 5.15. The maximum atomic E-state index is 12.2.